The molecule has 2 aromatic heterocycles. The SMILES string of the molecule is CCOC(=O)Cc1nc2c(C)cccn2c1N=Nc1c(C)cccc1C. The molecule has 6 nitrogen and oxygen atoms in total. The van der Waals surface area contributed by atoms with Gasteiger partial charge in [-0.3, -0.25) is 9.20 Å². The molecule has 0 radical (unpaired) electrons. The highest BCUT2D eigenvalue weighted by Crippen LogP contribution is 2.29. The van der Waals surface area contributed by atoms with Gasteiger partial charge in [-0.1, -0.05) is 24.3 Å². The van der Waals surface area contributed by atoms with E-state index in [2.05, 4.69) is 15.2 Å². The van der Waals surface area contributed by atoms with Crippen LogP contribution in [0.1, 0.15) is 29.3 Å². The minimum Gasteiger partial charge on any atom is -0.466 e. The number of hydrogen-bond donors (Lipinski definition) is 0. The quantitative estimate of drug-likeness (QED) is 0.491. The molecular weight excluding hydrogens is 328 g/mol. The Balaban J connectivity index is 2.09. The largest absolute Gasteiger partial charge is 0.466 e. The van der Waals surface area contributed by atoms with Gasteiger partial charge < -0.3 is 4.74 Å². The summed E-state index contributed by atoms with van der Waals surface area (Å²) in [7, 11) is 0. The minimum atomic E-state index is -0.322. The number of benzene rings is 1. The lowest BCUT2D eigenvalue weighted by Crippen LogP contribution is -2.07. The van der Waals surface area contributed by atoms with Crippen molar-refractivity contribution in [1.29, 1.82) is 0 Å². The Labute approximate surface area is 152 Å². The van der Waals surface area contributed by atoms with Crippen molar-refractivity contribution in [2.24, 2.45) is 10.2 Å². The number of carbonyl (C=O) groups excluding carboxylic acids is 1. The fraction of sp³-hybridized carbons (Fsp3) is 0.300. The zero-order chi connectivity index (χ0) is 18.7. The maximum Gasteiger partial charge on any atom is 0.312 e. The summed E-state index contributed by atoms with van der Waals surface area (Å²) in [4.78, 5) is 16.6. The lowest BCUT2D eigenvalue weighted by Gasteiger charge is -2.03. The van der Waals surface area contributed by atoms with E-state index < -0.39 is 0 Å². The molecule has 0 aliphatic carbocycles. The van der Waals surface area contributed by atoms with Gasteiger partial charge in [0.25, 0.3) is 0 Å². The molecular formula is C20H22N4O2. The second kappa shape index (κ2) is 7.47. The highest BCUT2D eigenvalue weighted by molar-refractivity contribution is 5.74. The zero-order valence-electron chi connectivity index (χ0n) is 15.5. The maximum atomic E-state index is 12.0. The van der Waals surface area contributed by atoms with Gasteiger partial charge in [-0.05, 0) is 50.5 Å². The van der Waals surface area contributed by atoms with Gasteiger partial charge in [0, 0.05) is 6.20 Å². The number of carbonyl (C=O) groups is 1. The summed E-state index contributed by atoms with van der Waals surface area (Å²) in [5, 5.41) is 8.91. The first-order chi connectivity index (χ1) is 12.5. The fourth-order valence-corrected chi connectivity index (χ4v) is 2.87. The number of imidazole rings is 1. The molecule has 3 rings (SSSR count). The third-order valence-corrected chi connectivity index (χ3v) is 4.19. The average molecular weight is 350 g/mol. The van der Waals surface area contributed by atoms with E-state index in [1.807, 2.05) is 61.7 Å². The maximum absolute atomic E-state index is 12.0. The summed E-state index contributed by atoms with van der Waals surface area (Å²) in [5.74, 6) is 0.233. The molecule has 2 heterocycles. The van der Waals surface area contributed by atoms with E-state index in [1.165, 1.54) is 0 Å². The van der Waals surface area contributed by atoms with Gasteiger partial charge in [0.1, 0.15) is 5.65 Å². The molecule has 0 atom stereocenters. The van der Waals surface area contributed by atoms with Crippen LogP contribution in [-0.4, -0.2) is 22.0 Å². The van der Waals surface area contributed by atoms with E-state index in [9.17, 15) is 4.79 Å². The third kappa shape index (κ3) is 3.49. The summed E-state index contributed by atoms with van der Waals surface area (Å²) < 4.78 is 6.93. The number of aromatic nitrogens is 2. The van der Waals surface area contributed by atoms with Crippen LogP contribution in [0.3, 0.4) is 0 Å². The molecule has 3 aromatic rings. The second-order valence-electron chi connectivity index (χ2n) is 6.19. The molecule has 1 aromatic carbocycles. The van der Waals surface area contributed by atoms with E-state index in [4.69, 9.17) is 4.74 Å². The fourth-order valence-electron chi connectivity index (χ4n) is 2.87. The number of nitrogens with zero attached hydrogens (tertiary/aromatic N) is 4. The molecule has 6 heteroatoms. The number of esters is 1. The Bertz CT molecular complexity index is 969. The van der Waals surface area contributed by atoms with Crippen molar-refractivity contribution in [3.8, 4) is 0 Å². The number of hydrogen-bond acceptors (Lipinski definition) is 5. The van der Waals surface area contributed by atoms with Gasteiger partial charge >= 0.3 is 5.97 Å². The Hall–Kier alpha value is -3.02. The normalized spacial score (nSPS) is 11.4. The number of rotatable bonds is 5. The summed E-state index contributed by atoms with van der Waals surface area (Å²) >= 11 is 0. The van der Waals surface area contributed by atoms with E-state index in [0.717, 1.165) is 28.0 Å². The molecule has 26 heavy (non-hydrogen) atoms. The monoisotopic (exact) mass is 350 g/mol. The predicted molar refractivity (Wildman–Crippen MR) is 100 cm³/mol. The highest BCUT2D eigenvalue weighted by atomic mass is 16.5. The summed E-state index contributed by atoms with van der Waals surface area (Å²) in [6.45, 7) is 8.10. The molecule has 134 valence electrons. The van der Waals surface area contributed by atoms with Crippen LogP contribution in [-0.2, 0) is 16.0 Å². The standard InChI is InChI=1S/C20H22N4O2/c1-5-26-17(25)12-16-20(24-11-7-10-15(4)19(24)21-16)23-22-18-13(2)8-6-9-14(18)3/h6-11H,5,12H2,1-4H3. The summed E-state index contributed by atoms with van der Waals surface area (Å²) in [6.07, 6.45) is 1.94. The average Bonchev–Trinajstić information content (AvgIpc) is 2.93. The topological polar surface area (TPSA) is 68.3 Å². The molecule has 0 aliphatic heterocycles. The van der Waals surface area contributed by atoms with Gasteiger partial charge in [0.05, 0.1) is 24.4 Å². The highest BCUT2D eigenvalue weighted by Gasteiger charge is 2.17. The van der Waals surface area contributed by atoms with Gasteiger partial charge in [-0.25, -0.2) is 4.98 Å². The molecule has 0 N–H and O–H groups in total. The van der Waals surface area contributed by atoms with E-state index in [1.54, 1.807) is 6.92 Å². The van der Waals surface area contributed by atoms with Gasteiger partial charge in [0.2, 0.25) is 0 Å². The Morgan fingerprint density at radius 1 is 1.08 bits per heavy atom. The minimum absolute atomic E-state index is 0.0655. The van der Waals surface area contributed by atoms with Crippen molar-refractivity contribution in [3.63, 3.8) is 0 Å². The number of azo groups is 1. The second-order valence-corrected chi connectivity index (χ2v) is 6.19. The molecule has 0 aliphatic rings. The first-order valence-electron chi connectivity index (χ1n) is 8.61. The van der Waals surface area contributed by atoms with Gasteiger partial charge in [0.15, 0.2) is 5.82 Å². The smallest absolute Gasteiger partial charge is 0.312 e. The van der Waals surface area contributed by atoms with Crippen molar-refractivity contribution in [1.82, 2.24) is 9.38 Å². The van der Waals surface area contributed by atoms with Crippen LogP contribution in [0, 0.1) is 20.8 Å². The molecule has 0 saturated heterocycles. The van der Waals surface area contributed by atoms with Crippen LogP contribution in [0.25, 0.3) is 5.65 Å². The molecule has 0 amide bonds. The zero-order valence-corrected chi connectivity index (χ0v) is 15.5. The van der Waals surface area contributed by atoms with Crippen LogP contribution in [0.4, 0.5) is 11.5 Å². The van der Waals surface area contributed by atoms with Gasteiger partial charge in [-0.15, -0.1) is 10.2 Å². The summed E-state index contributed by atoms with van der Waals surface area (Å²) in [6, 6.07) is 9.89. The van der Waals surface area contributed by atoms with Crippen molar-refractivity contribution in [2.75, 3.05) is 6.61 Å². The Morgan fingerprint density at radius 2 is 1.77 bits per heavy atom. The molecule has 0 spiro atoms. The van der Waals surface area contributed by atoms with Crippen LogP contribution >= 0.6 is 0 Å². The summed E-state index contributed by atoms with van der Waals surface area (Å²) in [5.41, 5.74) is 5.26. The lowest BCUT2D eigenvalue weighted by molar-refractivity contribution is -0.142. The first-order valence-corrected chi connectivity index (χ1v) is 8.61. The van der Waals surface area contributed by atoms with E-state index >= 15 is 0 Å². The molecule has 0 fully saturated rings. The van der Waals surface area contributed by atoms with Crippen molar-refractivity contribution < 1.29 is 9.53 Å². The van der Waals surface area contributed by atoms with Crippen molar-refractivity contribution in [3.05, 3.63) is 58.9 Å². The number of pyridine rings is 1. The van der Waals surface area contributed by atoms with Crippen LogP contribution in [0.15, 0.2) is 46.8 Å². The van der Waals surface area contributed by atoms with Crippen LogP contribution in [0.2, 0.25) is 0 Å². The predicted octanol–water partition coefficient (Wildman–Crippen LogP) is 4.78. The van der Waals surface area contributed by atoms with Crippen LogP contribution < -0.4 is 0 Å². The number of fused-ring (bicyclic) bond motifs is 1. The Morgan fingerprint density at radius 3 is 2.46 bits per heavy atom. The van der Waals surface area contributed by atoms with Crippen molar-refractivity contribution in [2.45, 2.75) is 34.1 Å². The molecule has 0 saturated carbocycles. The lowest BCUT2D eigenvalue weighted by atomic mass is 10.1. The molecule has 0 unspecified atom stereocenters. The van der Waals surface area contributed by atoms with E-state index in [0.29, 0.717) is 18.1 Å². The van der Waals surface area contributed by atoms with E-state index in [-0.39, 0.29) is 12.4 Å². The van der Waals surface area contributed by atoms with Crippen molar-refractivity contribution >= 4 is 23.1 Å². The van der Waals surface area contributed by atoms with Gasteiger partial charge in [-0.2, -0.15) is 0 Å². The number of ether oxygens (including phenoxy) is 1. The Kier molecular flexibility index (Phi) is 5.11. The molecule has 0 bridgehead atoms. The third-order valence-electron chi connectivity index (χ3n) is 4.19. The number of aryl methyl sites for hydroxylation is 3. The van der Waals surface area contributed by atoms with Crippen LogP contribution in [0.5, 0.6) is 0 Å². The first kappa shape index (κ1) is 17.8.